The van der Waals surface area contributed by atoms with Gasteiger partial charge in [-0.2, -0.15) is 0 Å². The van der Waals surface area contributed by atoms with Gasteiger partial charge in [-0.25, -0.2) is 0 Å². The third-order valence-electron chi connectivity index (χ3n) is 4.70. The first-order chi connectivity index (χ1) is 8.65. The highest BCUT2D eigenvalue weighted by Gasteiger charge is 2.51. The largest absolute Gasteiger partial charge is 0.396 e. The molecule has 0 saturated heterocycles. The van der Waals surface area contributed by atoms with Crippen LogP contribution in [0, 0.1) is 11.8 Å². The molecule has 2 aliphatic rings. The number of aliphatic hydroxyl groups is 4. The molecule has 106 valence electrons. The number of quaternary nitrogens is 1. The van der Waals surface area contributed by atoms with E-state index in [1.807, 2.05) is 5.32 Å². The van der Waals surface area contributed by atoms with Gasteiger partial charge in [-0.3, -0.25) is 0 Å². The predicted octanol–water partition coefficient (Wildman–Crippen LogP) is -1.80. The highest BCUT2D eigenvalue weighted by molar-refractivity contribution is 4.97. The summed E-state index contributed by atoms with van der Waals surface area (Å²) < 4.78 is 0. The third-order valence-corrected chi connectivity index (χ3v) is 4.70. The molecule has 5 nitrogen and oxygen atoms in total. The molecule has 2 saturated carbocycles. The van der Waals surface area contributed by atoms with Gasteiger partial charge >= 0.3 is 0 Å². The number of nitrogens with two attached hydrogens (primary N) is 1. The Morgan fingerprint density at radius 1 is 0.889 bits per heavy atom. The molecule has 0 spiro atoms. The number of aliphatic hydroxyl groups excluding tert-OH is 4. The Hall–Kier alpha value is -0.200. The maximum atomic E-state index is 9.91. The summed E-state index contributed by atoms with van der Waals surface area (Å²) in [5.41, 5.74) is 0. The Morgan fingerprint density at radius 2 is 1.56 bits per heavy atom. The van der Waals surface area contributed by atoms with Gasteiger partial charge in [-0.05, 0) is 12.8 Å². The first-order valence-corrected chi connectivity index (χ1v) is 7.13. The van der Waals surface area contributed by atoms with Crippen LogP contribution >= 0.6 is 0 Å². The lowest BCUT2D eigenvalue weighted by atomic mass is 9.89. The van der Waals surface area contributed by atoms with Crippen molar-refractivity contribution in [3.05, 3.63) is 0 Å². The number of hydrogen-bond donors (Lipinski definition) is 5. The average molecular weight is 260 g/mol. The van der Waals surface area contributed by atoms with Gasteiger partial charge in [0.15, 0.2) is 0 Å². The Morgan fingerprint density at radius 3 is 2.17 bits per heavy atom. The molecule has 0 radical (unpaired) electrons. The Balaban J connectivity index is 1.86. The van der Waals surface area contributed by atoms with E-state index >= 15 is 0 Å². The van der Waals surface area contributed by atoms with Crippen LogP contribution in [0.2, 0.25) is 0 Å². The molecule has 0 aliphatic heterocycles. The van der Waals surface area contributed by atoms with Gasteiger partial charge in [-0.15, -0.1) is 0 Å². The van der Waals surface area contributed by atoms with E-state index in [2.05, 4.69) is 0 Å². The highest BCUT2D eigenvalue weighted by Crippen LogP contribution is 2.26. The topological polar surface area (TPSA) is 97.5 Å². The van der Waals surface area contributed by atoms with Crippen LogP contribution in [0.1, 0.15) is 32.1 Å². The van der Waals surface area contributed by atoms with Crippen molar-refractivity contribution in [1.29, 1.82) is 0 Å². The minimum atomic E-state index is -1.13. The van der Waals surface area contributed by atoms with E-state index in [0.29, 0.717) is 5.92 Å². The maximum Gasteiger partial charge on any atom is 0.134 e. The molecule has 2 fully saturated rings. The van der Waals surface area contributed by atoms with E-state index in [1.54, 1.807) is 0 Å². The van der Waals surface area contributed by atoms with Crippen molar-refractivity contribution in [2.45, 2.75) is 56.5 Å². The first kappa shape index (κ1) is 14.2. The third kappa shape index (κ3) is 2.86. The van der Waals surface area contributed by atoms with Crippen LogP contribution in [0.5, 0.6) is 0 Å². The lowest BCUT2D eigenvalue weighted by Crippen LogP contribution is -2.94. The second-order valence-electron chi connectivity index (χ2n) is 5.87. The fourth-order valence-electron chi connectivity index (χ4n) is 3.48. The quantitative estimate of drug-likeness (QED) is 0.412. The van der Waals surface area contributed by atoms with E-state index in [1.165, 1.54) is 32.1 Å². The van der Waals surface area contributed by atoms with Gasteiger partial charge in [0, 0.05) is 5.92 Å². The summed E-state index contributed by atoms with van der Waals surface area (Å²) in [5, 5.41) is 40.6. The fraction of sp³-hybridized carbons (Fsp3) is 1.00. The van der Waals surface area contributed by atoms with Gasteiger partial charge in [0.25, 0.3) is 0 Å². The second-order valence-corrected chi connectivity index (χ2v) is 5.87. The first-order valence-electron chi connectivity index (χ1n) is 7.13. The summed E-state index contributed by atoms with van der Waals surface area (Å²) in [5.74, 6) is 0.235. The summed E-state index contributed by atoms with van der Waals surface area (Å²) in [4.78, 5) is 0. The molecule has 0 bridgehead atoms. The van der Waals surface area contributed by atoms with E-state index in [4.69, 9.17) is 0 Å². The SMILES string of the molecule is OC[C@@H]1[C@@H](O)[C@H](O)[C@@H](O)[C@@H]1[NH2+]CC1CCCCC1. The van der Waals surface area contributed by atoms with Crippen LogP contribution in [0.4, 0.5) is 0 Å². The van der Waals surface area contributed by atoms with Crippen molar-refractivity contribution in [3.63, 3.8) is 0 Å². The zero-order chi connectivity index (χ0) is 13.1. The number of hydrogen-bond acceptors (Lipinski definition) is 4. The van der Waals surface area contributed by atoms with Crippen molar-refractivity contribution in [2.24, 2.45) is 11.8 Å². The van der Waals surface area contributed by atoms with Crippen molar-refractivity contribution >= 4 is 0 Å². The number of rotatable bonds is 4. The molecule has 0 aromatic rings. The van der Waals surface area contributed by atoms with Gasteiger partial charge < -0.3 is 25.7 Å². The Bertz CT molecular complexity index is 257. The zero-order valence-electron chi connectivity index (χ0n) is 10.8. The van der Waals surface area contributed by atoms with Gasteiger partial charge in [-0.1, -0.05) is 19.3 Å². The van der Waals surface area contributed by atoms with Crippen molar-refractivity contribution < 1.29 is 25.7 Å². The zero-order valence-corrected chi connectivity index (χ0v) is 10.8. The minimum Gasteiger partial charge on any atom is -0.396 e. The summed E-state index contributed by atoms with van der Waals surface area (Å²) in [6, 6.07) is -0.290. The smallest absolute Gasteiger partial charge is 0.134 e. The van der Waals surface area contributed by atoms with Crippen molar-refractivity contribution in [2.75, 3.05) is 13.2 Å². The molecule has 5 atom stereocenters. The van der Waals surface area contributed by atoms with Gasteiger partial charge in [0.05, 0.1) is 25.2 Å². The Labute approximate surface area is 108 Å². The summed E-state index contributed by atoms with van der Waals surface area (Å²) in [7, 11) is 0. The van der Waals surface area contributed by atoms with Crippen LogP contribution < -0.4 is 5.32 Å². The molecule has 0 amide bonds. The molecule has 0 aromatic carbocycles. The predicted molar refractivity (Wildman–Crippen MR) is 65.8 cm³/mol. The van der Waals surface area contributed by atoms with Gasteiger partial charge in [0.1, 0.15) is 18.2 Å². The van der Waals surface area contributed by atoms with Crippen LogP contribution in [-0.4, -0.2) is 57.9 Å². The molecule has 0 heterocycles. The van der Waals surface area contributed by atoms with E-state index in [0.717, 1.165) is 6.54 Å². The lowest BCUT2D eigenvalue weighted by molar-refractivity contribution is -0.706. The Kier molecular flexibility index (Phi) is 4.98. The summed E-state index contributed by atoms with van der Waals surface area (Å²) >= 11 is 0. The van der Waals surface area contributed by atoms with E-state index in [-0.39, 0.29) is 12.6 Å². The van der Waals surface area contributed by atoms with E-state index < -0.39 is 24.2 Å². The molecular formula is C13H26NO4+. The molecule has 0 aromatic heterocycles. The van der Waals surface area contributed by atoms with Gasteiger partial charge in [0.2, 0.25) is 0 Å². The molecule has 2 aliphatic carbocycles. The highest BCUT2D eigenvalue weighted by atomic mass is 16.4. The summed E-state index contributed by atoms with van der Waals surface area (Å²) in [6.45, 7) is 0.721. The van der Waals surface area contributed by atoms with E-state index in [9.17, 15) is 20.4 Å². The summed E-state index contributed by atoms with van der Waals surface area (Å²) in [6.07, 6.45) is 3.25. The average Bonchev–Trinajstić information content (AvgIpc) is 2.61. The van der Waals surface area contributed by atoms with Crippen LogP contribution in [0.3, 0.4) is 0 Å². The molecule has 6 N–H and O–H groups in total. The lowest BCUT2D eigenvalue weighted by Gasteiger charge is -2.24. The maximum absolute atomic E-state index is 9.91. The van der Waals surface area contributed by atoms with Crippen molar-refractivity contribution in [3.8, 4) is 0 Å². The fourth-order valence-corrected chi connectivity index (χ4v) is 3.48. The van der Waals surface area contributed by atoms with Crippen LogP contribution in [0.15, 0.2) is 0 Å². The second kappa shape index (κ2) is 6.30. The van der Waals surface area contributed by atoms with Crippen LogP contribution in [0.25, 0.3) is 0 Å². The molecule has 5 heteroatoms. The van der Waals surface area contributed by atoms with Crippen molar-refractivity contribution in [1.82, 2.24) is 0 Å². The molecule has 2 rings (SSSR count). The molecule has 18 heavy (non-hydrogen) atoms. The minimum absolute atomic E-state index is 0.193. The molecular weight excluding hydrogens is 234 g/mol. The van der Waals surface area contributed by atoms with Crippen LogP contribution in [-0.2, 0) is 0 Å². The molecule has 0 unspecified atom stereocenters. The monoisotopic (exact) mass is 260 g/mol. The normalized spacial score (nSPS) is 42.3. The standard InChI is InChI=1S/C13H25NO4/c15-7-9-10(12(17)13(18)11(9)16)14-6-8-4-2-1-3-5-8/h8-18H,1-7H2/p+1/t9-,10+,11+,12-,13-/m0/s1.